The van der Waals surface area contributed by atoms with Crippen molar-refractivity contribution in [2.75, 3.05) is 0 Å². The van der Waals surface area contributed by atoms with Crippen LogP contribution in [0.15, 0.2) is 84.9 Å². The number of Topliss-reactive ketones (excluding diaryl/α,β-unsaturated/α-hetero) is 1. The van der Waals surface area contributed by atoms with Crippen molar-refractivity contribution in [1.82, 2.24) is 4.98 Å². The van der Waals surface area contributed by atoms with Crippen molar-refractivity contribution in [2.45, 2.75) is 0 Å². The Hall–Kier alpha value is -3.88. The molecule has 0 unspecified atom stereocenters. The zero-order chi connectivity index (χ0) is 18.6. The fraction of sp³-hybridized carbons (Fsp3) is 0. The molecule has 4 aromatic rings. The summed E-state index contributed by atoms with van der Waals surface area (Å²) in [5, 5.41) is 0.723. The molecule has 0 aliphatic carbocycles. The highest BCUT2D eigenvalue weighted by atomic mass is 16.1. The average molecular weight is 349 g/mol. The van der Waals surface area contributed by atoms with Crippen LogP contribution in [0.4, 0.5) is 0 Å². The molecule has 4 heteroatoms. The van der Waals surface area contributed by atoms with Gasteiger partial charge < -0.3 is 5.53 Å². The second-order valence-corrected chi connectivity index (χ2v) is 6.10. The van der Waals surface area contributed by atoms with Gasteiger partial charge in [-0.05, 0) is 11.6 Å². The third kappa shape index (κ3) is 3.17. The van der Waals surface area contributed by atoms with Crippen LogP contribution >= 0.6 is 0 Å². The highest BCUT2D eigenvalue weighted by Crippen LogP contribution is 2.32. The van der Waals surface area contributed by atoms with Crippen LogP contribution in [-0.4, -0.2) is 21.8 Å². The first-order chi connectivity index (χ1) is 13.3. The lowest BCUT2D eigenvalue weighted by atomic mass is 9.96. The smallest absolute Gasteiger partial charge is 0.328 e. The van der Waals surface area contributed by atoms with Crippen molar-refractivity contribution >= 4 is 22.9 Å². The van der Waals surface area contributed by atoms with Gasteiger partial charge in [0.25, 0.3) is 5.78 Å². The quantitative estimate of drug-likeness (QED) is 0.224. The van der Waals surface area contributed by atoms with Crippen molar-refractivity contribution in [3.8, 4) is 22.4 Å². The van der Waals surface area contributed by atoms with E-state index < -0.39 is 0 Å². The number of hydrogen-bond donors (Lipinski definition) is 0. The van der Waals surface area contributed by atoms with E-state index in [9.17, 15) is 4.79 Å². The lowest BCUT2D eigenvalue weighted by molar-refractivity contribution is 0.00236. The fourth-order valence-electron chi connectivity index (χ4n) is 3.18. The zero-order valence-corrected chi connectivity index (χ0v) is 14.4. The SMILES string of the molecule is [N-]=[N+]=CC(=O)c1cc(-c2ccccc2)nc2c(-c3ccccc3)cccc12. The fourth-order valence-corrected chi connectivity index (χ4v) is 3.18. The molecule has 4 rings (SSSR count). The van der Waals surface area contributed by atoms with Crippen LogP contribution in [0.1, 0.15) is 10.4 Å². The minimum atomic E-state index is -0.368. The lowest BCUT2D eigenvalue weighted by Gasteiger charge is -2.11. The second-order valence-electron chi connectivity index (χ2n) is 6.10. The maximum atomic E-state index is 12.6. The van der Waals surface area contributed by atoms with Gasteiger partial charge in [0.1, 0.15) is 0 Å². The summed E-state index contributed by atoms with van der Waals surface area (Å²) in [6, 6.07) is 27.1. The molecule has 0 bridgehead atoms. The van der Waals surface area contributed by atoms with Gasteiger partial charge in [-0.15, -0.1) is 0 Å². The van der Waals surface area contributed by atoms with Gasteiger partial charge in [0, 0.05) is 22.1 Å². The largest absolute Gasteiger partial charge is 0.361 e. The number of aromatic nitrogens is 1. The highest BCUT2D eigenvalue weighted by Gasteiger charge is 2.17. The van der Waals surface area contributed by atoms with Crippen LogP contribution in [0, 0.1) is 0 Å². The zero-order valence-electron chi connectivity index (χ0n) is 14.4. The van der Waals surface area contributed by atoms with Crippen molar-refractivity contribution in [3.05, 3.63) is 96.0 Å². The van der Waals surface area contributed by atoms with Crippen molar-refractivity contribution in [3.63, 3.8) is 0 Å². The van der Waals surface area contributed by atoms with Crippen LogP contribution in [0.2, 0.25) is 0 Å². The topological polar surface area (TPSA) is 66.4 Å². The molecule has 0 aliphatic heterocycles. The van der Waals surface area contributed by atoms with Gasteiger partial charge >= 0.3 is 6.21 Å². The van der Waals surface area contributed by atoms with Crippen LogP contribution < -0.4 is 0 Å². The van der Waals surface area contributed by atoms with Crippen molar-refractivity contribution in [2.24, 2.45) is 0 Å². The molecule has 1 aromatic heterocycles. The van der Waals surface area contributed by atoms with Crippen LogP contribution in [-0.2, 0) is 0 Å². The summed E-state index contributed by atoms with van der Waals surface area (Å²) in [5.41, 5.74) is 13.6. The molecule has 4 nitrogen and oxygen atoms in total. The monoisotopic (exact) mass is 349 g/mol. The van der Waals surface area contributed by atoms with Gasteiger partial charge in [-0.25, -0.2) is 4.98 Å². The summed E-state index contributed by atoms with van der Waals surface area (Å²) in [4.78, 5) is 20.3. The Morgan fingerprint density at radius 2 is 1.52 bits per heavy atom. The molecule has 0 N–H and O–H groups in total. The van der Waals surface area contributed by atoms with E-state index in [4.69, 9.17) is 10.5 Å². The molecule has 1 heterocycles. The van der Waals surface area contributed by atoms with Gasteiger partial charge in [0.2, 0.25) is 0 Å². The highest BCUT2D eigenvalue weighted by molar-refractivity contribution is 6.36. The van der Waals surface area contributed by atoms with Crippen LogP contribution in [0.25, 0.3) is 38.8 Å². The van der Waals surface area contributed by atoms with E-state index in [0.717, 1.165) is 33.8 Å². The maximum Gasteiger partial charge on any atom is 0.328 e. The standard InChI is InChI=1S/C23H15N3O/c24-25-15-22(27)20-14-21(17-10-5-2-6-11-17)26-23-18(12-7-13-19(20)23)16-8-3-1-4-9-16/h1-15H. The van der Waals surface area contributed by atoms with Gasteiger partial charge in [-0.3, -0.25) is 4.79 Å². The molecule has 0 atom stereocenters. The Morgan fingerprint density at radius 3 is 2.19 bits per heavy atom. The van der Waals surface area contributed by atoms with Crippen molar-refractivity contribution < 1.29 is 9.58 Å². The summed E-state index contributed by atoms with van der Waals surface area (Å²) >= 11 is 0. The Morgan fingerprint density at radius 1 is 0.852 bits per heavy atom. The molecule has 27 heavy (non-hydrogen) atoms. The average Bonchev–Trinajstić information content (AvgIpc) is 2.74. The van der Waals surface area contributed by atoms with E-state index in [2.05, 4.69) is 4.79 Å². The molecule has 0 amide bonds. The van der Waals surface area contributed by atoms with E-state index in [1.165, 1.54) is 0 Å². The predicted octanol–water partition coefficient (Wildman–Crippen LogP) is 5.05. The molecule has 0 saturated carbocycles. The number of hydrogen-bond acceptors (Lipinski definition) is 2. The second kappa shape index (κ2) is 7.16. The molecule has 128 valence electrons. The van der Waals surface area contributed by atoms with Crippen molar-refractivity contribution in [1.29, 1.82) is 0 Å². The Kier molecular flexibility index (Phi) is 4.40. The minimum absolute atomic E-state index is 0.368. The van der Waals surface area contributed by atoms with E-state index >= 15 is 0 Å². The van der Waals surface area contributed by atoms with Crippen LogP contribution in [0.5, 0.6) is 0 Å². The Labute approximate surface area is 156 Å². The normalized spacial score (nSPS) is 10.4. The van der Waals surface area contributed by atoms with Gasteiger partial charge in [0.05, 0.1) is 11.2 Å². The Bertz CT molecular complexity index is 1180. The number of nitrogens with zero attached hydrogens (tertiary/aromatic N) is 3. The first-order valence-corrected chi connectivity index (χ1v) is 8.54. The lowest BCUT2D eigenvalue weighted by Crippen LogP contribution is -2.04. The summed E-state index contributed by atoms with van der Waals surface area (Å²) in [6.45, 7) is 0. The van der Waals surface area contributed by atoms with Crippen LogP contribution in [0.3, 0.4) is 0 Å². The number of carbonyl (C=O) groups is 1. The molecule has 0 saturated heterocycles. The molecule has 0 spiro atoms. The number of benzene rings is 3. The number of para-hydroxylation sites is 1. The number of ketones is 1. The van der Waals surface area contributed by atoms with E-state index in [1.807, 2.05) is 78.9 Å². The molecular formula is C23H15N3O. The van der Waals surface area contributed by atoms with E-state index in [0.29, 0.717) is 11.3 Å². The summed E-state index contributed by atoms with van der Waals surface area (Å²) < 4.78 is 0. The molecule has 0 fully saturated rings. The summed E-state index contributed by atoms with van der Waals surface area (Å²) in [6.07, 6.45) is 0.915. The number of carbonyl (C=O) groups excluding carboxylic acids is 1. The van der Waals surface area contributed by atoms with E-state index in [-0.39, 0.29) is 5.78 Å². The van der Waals surface area contributed by atoms with Gasteiger partial charge in [-0.2, -0.15) is 4.79 Å². The van der Waals surface area contributed by atoms with E-state index in [1.54, 1.807) is 6.07 Å². The third-order valence-corrected chi connectivity index (χ3v) is 4.43. The number of rotatable bonds is 4. The first kappa shape index (κ1) is 16.6. The number of pyridine rings is 1. The molecule has 0 aliphatic rings. The predicted molar refractivity (Wildman–Crippen MR) is 107 cm³/mol. The molecule has 0 radical (unpaired) electrons. The first-order valence-electron chi connectivity index (χ1n) is 8.54. The third-order valence-electron chi connectivity index (χ3n) is 4.43. The van der Waals surface area contributed by atoms with Gasteiger partial charge in [-0.1, -0.05) is 78.9 Å². The van der Waals surface area contributed by atoms with Gasteiger partial charge in [0.15, 0.2) is 0 Å². The molecular weight excluding hydrogens is 334 g/mol. The maximum absolute atomic E-state index is 12.6. The molecule has 3 aromatic carbocycles. The summed E-state index contributed by atoms with van der Waals surface area (Å²) in [7, 11) is 0. The number of fused-ring (bicyclic) bond motifs is 1. The minimum Gasteiger partial charge on any atom is -0.361 e. The summed E-state index contributed by atoms with van der Waals surface area (Å²) in [5.74, 6) is -0.368. The Balaban J connectivity index is 2.07.